The van der Waals surface area contributed by atoms with Crippen molar-refractivity contribution in [3.63, 3.8) is 0 Å². The van der Waals surface area contributed by atoms with E-state index in [0.29, 0.717) is 5.57 Å². The van der Waals surface area contributed by atoms with Gasteiger partial charge in [-0.1, -0.05) is 6.08 Å². The molecule has 4 heteroatoms. The van der Waals surface area contributed by atoms with E-state index in [9.17, 15) is 9.59 Å². The molecule has 3 nitrogen and oxygen atoms in total. The molecule has 1 fully saturated rings. The zero-order valence-corrected chi connectivity index (χ0v) is 5.01. The first-order valence-electron chi connectivity index (χ1n) is 2.64. The van der Waals surface area contributed by atoms with Crippen molar-refractivity contribution in [3.05, 3.63) is 11.6 Å². The number of cyclic esters (lactones) is 2. The Bertz CT molecular complexity index is 195. The van der Waals surface area contributed by atoms with E-state index in [4.69, 9.17) is 0 Å². The number of hydrogen-bond acceptors (Lipinski definition) is 3. The molecule has 0 aliphatic carbocycles. The molecule has 0 N–H and O–H groups in total. The summed E-state index contributed by atoms with van der Waals surface area (Å²) >= 11 is 0. The van der Waals surface area contributed by atoms with Crippen LogP contribution in [0.3, 0.4) is 0 Å². The van der Waals surface area contributed by atoms with Gasteiger partial charge in [0, 0.05) is 5.57 Å². The topological polar surface area (TPSA) is 43.4 Å². The Morgan fingerprint density at radius 1 is 1.50 bits per heavy atom. The number of carbonyl (C=O) groups excluding carboxylic acids is 2. The average Bonchev–Trinajstić information content (AvgIpc) is 2.10. The van der Waals surface area contributed by atoms with Gasteiger partial charge in [-0.2, -0.15) is 0 Å². The van der Waals surface area contributed by atoms with E-state index >= 15 is 0 Å². The van der Waals surface area contributed by atoms with Gasteiger partial charge in [0.05, 0.1) is 6.42 Å². The molecular formula is C6H7NaO3. The first-order chi connectivity index (χ1) is 4.24. The molecule has 1 heterocycles. The summed E-state index contributed by atoms with van der Waals surface area (Å²) in [4.78, 5) is 20.8. The standard InChI is InChI=1S/C6H6O3.Na.H/c1-2-4-3-5(7)9-6(4)8;;/h2H,3H2,1H3;;. The number of esters is 2. The molecule has 0 bridgehead atoms. The fourth-order valence-electron chi connectivity index (χ4n) is 0.653. The summed E-state index contributed by atoms with van der Waals surface area (Å²) in [5.74, 6) is -0.949. The van der Waals surface area contributed by atoms with E-state index < -0.39 is 11.9 Å². The average molecular weight is 150 g/mol. The number of hydrogen-bond donors (Lipinski definition) is 0. The van der Waals surface area contributed by atoms with Crippen LogP contribution >= 0.6 is 0 Å². The van der Waals surface area contributed by atoms with Crippen LogP contribution in [0, 0.1) is 0 Å². The second-order valence-corrected chi connectivity index (χ2v) is 1.75. The first kappa shape index (κ1) is 9.88. The van der Waals surface area contributed by atoms with Crippen LogP contribution in [0.1, 0.15) is 13.3 Å². The zero-order chi connectivity index (χ0) is 6.85. The van der Waals surface area contributed by atoms with Gasteiger partial charge in [0.25, 0.3) is 0 Å². The van der Waals surface area contributed by atoms with E-state index in [1.165, 1.54) is 0 Å². The van der Waals surface area contributed by atoms with Crippen molar-refractivity contribution >= 4 is 41.5 Å². The fourth-order valence-corrected chi connectivity index (χ4v) is 0.653. The first-order valence-corrected chi connectivity index (χ1v) is 2.64. The summed E-state index contributed by atoms with van der Waals surface area (Å²) in [5, 5.41) is 0. The van der Waals surface area contributed by atoms with Gasteiger partial charge < -0.3 is 4.74 Å². The normalized spacial score (nSPS) is 20.7. The van der Waals surface area contributed by atoms with Gasteiger partial charge in [0.15, 0.2) is 0 Å². The molecule has 0 aromatic rings. The number of ether oxygens (including phenoxy) is 1. The van der Waals surface area contributed by atoms with E-state index in [0.717, 1.165) is 0 Å². The quantitative estimate of drug-likeness (QED) is 0.207. The molecule has 0 aromatic carbocycles. The molecule has 0 aromatic heterocycles. The Morgan fingerprint density at radius 3 is 2.30 bits per heavy atom. The van der Waals surface area contributed by atoms with Gasteiger partial charge in [0.1, 0.15) is 0 Å². The van der Waals surface area contributed by atoms with Crippen LogP contribution in [0.4, 0.5) is 0 Å². The predicted molar refractivity (Wildman–Crippen MR) is 36.6 cm³/mol. The molecule has 0 amide bonds. The SMILES string of the molecule is CC=C1CC(=O)OC1=O.[NaH]. The van der Waals surface area contributed by atoms with Crippen LogP contribution < -0.4 is 0 Å². The van der Waals surface area contributed by atoms with E-state index in [1.54, 1.807) is 13.0 Å². The molecule has 0 spiro atoms. The second kappa shape index (κ2) is 3.91. The monoisotopic (exact) mass is 150 g/mol. The van der Waals surface area contributed by atoms with Crippen LogP contribution in [0.15, 0.2) is 11.6 Å². The predicted octanol–water partition coefficient (Wildman–Crippen LogP) is -0.242. The second-order valence-electron chi connectivity index (χ2n) is 1.75. The van der Waals surface area contributed by atoms with Gasteiger partial charge in [0.2, 0.25) is 0 Å². The molecule has 0 atom stereocenters. The molecule has 50 valence electrons. The summed E-state index contributed by atoms with van der Waals surface area (Å²) in [6, 6.07) is 0. The molecule has 1 aliphatic rings. The van der Waals surface area contributed by atoms with Crippen LogP contribution in [-0.2, 0) is 14.3 Å². The van der Waals surface area contributed by atoms with Crippen LogP contribution in [-0.4, -0.2) is 41.5 Å². The summed E-state index contributed by atoms with van der Waals surface area (Å²) < 4.78 is 4.22. The van der Waals surface area contributed by atoms with Crippen LogP contribution in [0.2, 0.25) is 0 Å². The molecular weight excluding hydrogens is 143 g/mol. The van der Waals surface area contributed by atoms with Gasteiger partial charge in [-0.3, -0.25) is 4.79 Å². The number of carbonyl (C=O) groups is 2. The molecule has 0 saturated carbocycles. The molecule has 1 saturated heterocycles. The van der Waals surface area contributed by atoms with Crippen molar-refractivity contribution in [3.8, 4) is 0 Å². The van der Waals surface area contributed by atoms with Crippen LogP contribution in [0.25, 0.3) is 0 Å². The van der Waals surface area contributed by atoms with Crippen molar-refractivity contribution in [2.75, 3.05) is 0 Å². The van der Waals surface area contributed by atoms with Crippen molar-refractivity contribution < 1.29 is 14.3 Å². The van der Waals surface area contributed by atoms with Crippen molar-refractivity contribution in [2.45, 2.75) is 13.3 Å². The van der Waals surface area contributed by atoms with E-state index in [-0.39, 0.29) is 36.0 Å². The minimum atomic E-state index is -0.498. The van der Waals surface area contributed by atoms with E-state index in [2.05, 4.69) is 4.74 Å². The molecule has 1 rings (SSSR count). The van der Waals surface area contributed by atoms with Gasteiger partial charge in [-0.15, -0.1) is 0 Å². The molecule has 0 radical (unpaired) electrons. The Hall–Kier alpha value is -0.120. The third kappa shape index (κ3) is 1.94. The van der Waals surface area contributed by atoms with Crippen molar-refractivity contribution in [1.29, 1.82) is 0 Å². The van der Waals surface area contributed by atoms with Crippen molar-refractivity contribution in [2.24, 2.45) is 0 Å². The zero-order valence-electron chi connectivity index (χ0n) is 5.01. The molecule has 10 heavy (non-hydrogen) atoms. The van der Waals surface area contributed by atoms with E-state index in [1.807, 2.05) is 0 Å². The third-order valence-electron chi connectivity index (χ3n) is 1.15. The maximum absolute atomic E-state index is 10.5. The number of allylic oxidation sites excluding steroid dienone is 1. The summed E-state index contributed by atoms with van der Waals surface area (Å²) in [5.41, 5.74) is 0.458. The fraction of sp³-hybridized carbons (Fsp3) is 0.333. The van der Waals surface area contributed by atoms with Gasteiger partial charge in [-0.25, -0.2) is 4.79 Å². The Balaban J connectivity index is 0.000000810. The summed E-state index contributed by atoms with van der Waals surface area (Å²) in [7, 11) is 0. The Kier molecular flexibility index (Phi) is 3.86. The molecule has 0 unspecified atom stereocenters. The van der Waals surface area contributed by atoms with Crippen molar-refractivity contribution in [1.82, 2.24) is 0 Å². The Labute approximate surface area is 80.7 Å². The van der Waals surface area contributed by atoms with Gasteiger partial charge in [-0.05, 0) is 6.92 Å². The maximum atomic E-state index is 10.5. The minimum absolute atomic E-state index is 0. The summed E-state index contributed by atoms with van der Waals surface area (Å²) in [6.07, 6.45) is 1.72. The third-order valence-corrected chi connectivity index (χ3v) is 1.15. The summed E-state index contributed by atoms with van der Waals surface area (Å²) in [6.45, 7) is 1.70. The molecule has 1 aliphatic heterocycles. The van der Waals surface area contributed by atoms with Crippen LogP contribution in [0.5, 0.6) is 0 Å². The number of rotatable bonds is 0. The Morgan fingerprint density at radius 2 is 2.10 bits per heavy atom. The van der Waals surface area contributed by atoms with Gasteiger partial charge >= 0.3 is 41.5 Å².